The number of aromatic nitrogens is 1. The second kappa shape index (κ2) is 4.78. The highest BCUT2D eigenvalue weighted by Gasteiger charge is 2.38. The van der Waals surface area contributed by atoms with E-state index in [1.807, 2.05) is 12.4 Å². The first-order valence-electron chi connectivity index (χ1n) is 7.76. The van der Waals surface area contributed by atoms with Crippen molar-refractivity contribution in [2.45, 2.75) is 19.3 Å². The van der Waals surface area contributed by atoms with E-state index in [-0.39, 0.29) is 0 Å². The molecule has 1 aliphatic carbocycles. The normalized spacial score (nSPS) is 31.5. The van der Waals surface area contributed by atoms with Gasteiger partial charge in [0.2, 0.25) is 0 Å². The van der Waals surface area contributed by atoms with E-state index in [1.54, 1.807) is 0 Å². The van der Waals surface area contributed by atoms with E-state index in [9.17, 15) is 0 Å². The molecule has 3 fully saturated rings. The Morgan fingerprint density at radius 1 is 1.11 bits per heavy atom. The number of anilines is 1. The molecule has 1 saturated carbocycles. The van der Waals surface area contributed by atoms with Crippen LogP contribution < -0.4 is 4.90 Å². The first-order valence-corrected chi connectivity index (χ1v) is 7.76. The number of pyridine rings is 1. The van der Waals surface area contributed by atoms with Gasteiger partial charge in [0, 0.05) is 38.9 Å². The molecule has 19 heavy (non-hydrogen) atoms. The quantitative estimate of drug-likeness (QED) is 0.828. The van der Waals surface area contributed by atoms with E-state index in [0.717, 1.165) is 17.8 Å². The van der Waals surface area contributed by atoms with Gasteiger partial charge in [0.05, 0.1) is 11.9 Å². The number of piperidine rings is 1. The monoisotopic (exact) mass is 257 g/mol. The maximum Gasteiger partial charge on any atom is 0.0552 e. The van der Waals surface area contributed by atoms with Crippen LogP contribution in [0, 0.1) is 17.8 Å². The third-order valence-corrected chi connectivity index (χ3v) is 5.10. The van der Waals surface area contributed by atoms with Gasteiger partial charge in [-0.3, -0.25) is 4.98 Å². The van der Waals surface area contributed by atoms with Crippen LogP contribution in [-0.4, -0.2) is 42.6 Å². The van der Waals surface area contributed by atoms with E-state index in [4.69, 9.17) is 0 Å². The molecule has 4 rings (SSSR count). The lowest BCUT2D eigenvalue weighted by atomic mass is 9.88. The second-order valence-corrected chi connectivity index (χ2v) is 6.63. The highest BCUT2D eigenvalue weighted by Crippen LogP contribution is 2.36. The van der Waals surface area contributed by atoms with Crippen LogP contribution in [0.5, 0.6) is 0 Å². The van der Waals surface area contributed by atoms with E-state index in [1.165, 1.54) is 57.7 Å². The van der Waals surface area contributed by atoms with Gasteiger partial charge >= 0.3 is 0 Å². The molecule has 2 aliphatic heterocycles. The van der Waals surface area contributed by atoms with Crippen LogP contribution in [0.15, 0.2) is 24.5 Å². The first kappa shape index (κ1) is 11.7. The maximum absolute atomic E-state index is 4.26. The van der Waals surface area contributed by atoms with Crippen LogP contribution in [0.2, 0.25) is 0 Å². The lowest BCUT2D eigenvalue weighted by Gasteiger charge is -2.35. The zero-order valence-electron chi connectivity index (χ0n) is 11.5. The summed E-state index contributed by atoms with van der Waals surface area (Å²) in [5.41, 5.74) is 1.31. The van der Waals surface area contributed by atoms with Gasteiger partial charge in [0.1, 0.15) is 0 Å². The largest absolute Gasteiger partial charge is 0.370 e. The summed E-state index contributed by atoms with van der Waals surface area (Å²) in [7, 11) is 0. The van der Waals surface area contributed by atoms with Crippen molar-refractivity contribution in [3.8, 4) is 0 Å². The minimum absolute atomic E-state index is 0.882. The Hall–Kier alpha value is -1.09. The van der Waals surface area contributed by atoms with Gasteiger partial charge in [-0.25, -0.2) is 0 Å². The fourth-order valence-electron chi connectivity index (χ4n) is 3.86. The molecular weight excluding hydrogens is 234 g/mol. The molecule has 3 nitrogen and oxygen atoms in total. The number of hydrogen-bond donors (Lipinski definition) is 0. The van der Waals surface area contributed by atoms with E-state index < -0.39 is 0 Å². The van der Waals surface area contributed by atoms with Crippen LogP contribution in [0.25, 0.3) is 0 Å². The average Bonchev–Trinajstić information content (AvgIpc) is 3.17. The SMILES string of the molecule is c1cncc(N2CC[C@@H]3CN(CC4CC4)C[C@@H]3C2)c1. The zero-order valence-corrected chi connectivity index (χ0v) is 11.5. The topological polar surface area (TPSA) is 19.4 Å². The molecule has 1 aromatic rings. The first-order chi connectivity index (χ1) is 9.38. The lowest BCUT2D eigenvalue weighted by molar-refractivity contribution is 0.308. The van der Waals surface area contributed by atoms with Gasteiger partial charge in [-0.05, 0) is 49.1 Å². The van der Waals surface area contributed by atoms with Crippen molar-refractivity contribution in [2.24, 2.45) is 17.8 Å². The highest BCUT2D eigenvalue weighted by atomic mass is 15.2. The Morgan fingerprint density at radius 3 is 2.79 bits per heavy atom. The van der Waals surface area contributed by atoms with Crippen molar-refractivity contribution in [1.29, 1.82) is 0 Å². The molecule has 3 heterocycles. The van der Waals surface area contributed by atoms with E-state index in [2.05, 4.69) is 26.9 Å². The van der Waals surface area contributed by atoms with Crippen molar-refractivity contribution in [2.75, 3.05) is 37.6 Å². The molecule has 0 unspecified atom stereocenters. The molecule has 0 bridgehead atoms. The molecule has 1 aromatic heterocycles. The van der Waals surface area contributed by atoms with E-state index in [0.29, 0.717) is 0 Å². The average molecular weight is 257 g/mol. The van der Waals surface area contributed by atoms with Gasteiger partial charge in [-0.1, -0.05) is 0 Å². The molecule has 2 saturated heterocycles. The van der Waals surface area contributed by atoms with Gasteiger partial charge < -0.3 is 9.80 Å². The van der Waals surface area contributed by atoms with Gasteiger partial charge in [0.25, 0.3) is 0 Å². The van der Waals surface area contributed by atoms with Crippen molar-refractivity contribution in [1.82, 2.24) is 9.88 Å². The fourth-order valence-corrected chi connectivity index (χ4v) is 3.86. The number of hydrogen-bond acceptors (Lipinski definition) is 3. The van der Waals surface area contributed by atoms with Crippen molar-refractivity contribution in [3.63, 3.8) is 0 Å². The molecule has 3 heteroatoms. The summed E-state index contributed by atoms with van der Waals surface area (Å²) >= 11 is 0. The number of nitrogens with zero attached hydrogens (tertiary/aromatic N) is 3. The van der Waals surface area contributed by atoms with Crippen molar-refractivity contribution >= 4 is 5.69 Å². The lowest BCUT2D eigenvalue weighted by Crippen LogP contribution is -2.40. The van der Waals surface area contributed by atoms with Crippen LogP contribution in [0.3, 0.4) is 0 Å². The van der Waals surface area contributed by atoms with Crippen LogP contribution >= 0.6 is 0 Å². The molecule has 0 N–H and O–H groups in total. The molecule has 0 amide bonds. The molecular formula is C16H23N3. The van der Waals surface area contributed by atoms with Crippen LogP contribution in [-0.2, 0) is 0 Å². The van der Waals surface area contributed by atoms with Crippen LogP contribution in [0.4, 0.5) is 5.69 Å². The summed E-state index contributed by atoms with van der Waals surface area (Å²) in [6, 6.07) is 4.25. The van der Waals surface area contributed by atoms with Crippen molar-refractivity contribution in [3.05, 3.63) is 24.5 Å². The summed E-state index contributed by atoms with van der Waals surface area (Å²) in [4.78, 5) is 9.53. The standard InChI is InChI=1S/C16H23N3/c1-2-16(8-17-6-1)19-7-5-14-10-18(9-13-3-4-13)11-15(14)12-19/h1-2,6,8,13-15H,3-5,7,9-12H2/t14-,15-/m1/s1. The number of rotatable bonds is 3. The summed E-state index contributed by atoms with van der Waals surface area (Å²) in [5.74, 6) is 2.87. The molecule has 0 spiro atoms. The highest BCUT2D eigenvalue weighted by molar-refractivity contribution is 5.44. The van der Waals surface area contributed by atoms with Gasteiger partial charge in [-0.2, -0.15) is 0 Å². The summed E-state index contributed by atoms with van der Waals surface area (Å²) in [6.45, 7) is 6.52. The Labute approximate surface area is 115 Å². The Kier molecular flexibility index (Phi) is 2.95. The molecule has 2 atom stereocenters. The third kappa shape index (κ3) is 2.48. The maximum atomic E-state index is 4.26. The zero-order chi connectivity index (χ0) is 12.7. The second-order valence-electron chi connectivity index (χ2n) is 6.63. The summed E-state index contributed by atoms with van der Waals surface area (Å²) in [6.07, 6.45) is 8.20. The smallest absolute Gasteiger partial charge is 0.0552 e. The molecule has 3 aliphatic rings. The predicted octanol–water partition coefficient (Wildman–Crippen LogP) is 2.25. The van der Waals surface area contributed by atoms with Gasteiger partial charge in [-0.15, -0.1) is 0 Å². The Bertz CT molecular complexity index is 429. The number of fused-ring (bicyclic) bond motifs is 1. The van der Waals surface area contributed by atoms with Crippen molar-refractivity contribution < 1.29 is 0 Å². The Balaban J connectivity index is 1.40. The minimum Gasteiger partial charge on any atom is -0.370 e. The fraction of sp³-hybridized carbons (Fsp3) is 0.688. The predicted molar refractivity (Wildman–Crippen MR) is 77.2 cm³/mol. The minimum atomic E-state index is 0.882. The summed E-state index contributed by atoms with van der Waals surface area (Å²) < 4.78 is 0. The summed E-state index contributed by atoms with van der Waals surface area (Å²) in [5, 5.41) is 0. The van der Waals surface area contributed by atoms with Gasteiger partial charge in [0.15, 0.2) is 0 Å². The molecule has 0 aromatic carbocycles. The van der Waals surface area contributed by atoms with E-state index >= 15 is 0 Å². The number of likely N-dealkylation sites (tertiary alicyclic amines) is 1. The molecule has 0 radical (unpaired) electrons. The molecule has 102 valence electrons. The van der Waals surface area contributed by atoms with Crippen LogP contribution in [0.1, 0.15) is 19.3 Å². The Morgan fingerprint density at radius 2 is 2.00 bits per heavy atom. The third-order valence-electron chi connectivity index (χ3n) is 5.10.